The SMILES string of the molecule is CN=C(NCc1ccc(OCC(F)(F)F)cc1)NCc1nc(C)no1. The van der Waals surface area contributed by atoms with Gasteiger partial charge in [0, 0.05) is 13.6 Å². The number of alkyl halides is 3. The van der Waals surface area contributed by atoms with Crippen LogP contribution in [-0.4, -0.2) is 35.9 Å². The van der Waals surface area contributed by atoms with Gasteiger partial charge < -0.3 is 19.9 Å². The van der Waals surface area contributed by atoms with Gasteiger partial charge in [0.2, 0.25) is 5.89 Å². The highest BCUT2D eigenvalue weighted by Gasteiger charge is 2.28. The Bertz CT molecular complexity index is 698. The summed E-state index contributed by atoms with van der Waals surface area (Å²) >= 11 is 0. The molecule has 0 radical (unpaired) electrons. The molecule has 0 amide bonds. The van der Waals surface area contributed by atoms with Gasteiger partial charge in [-0.1, -0.05) is 17.3 Å². The first-order chi connectivity index (χ1) is 11.9. The van der Waals surface area contributed by atoms with Gasteiger partial charge in [-0.2, -0.15) is 18.2 Å². The molecule has 2 aromatic rings. The molecule has 0 bridgehead atoms. The summed E-state index contributed by atoms with van der Waals surface area (Å²) in [5, 5.41) is 9.76. The molecule has 136 valence electrons. The number of hydrogen-bond donors (Lipinski definition) is 2. The first-order valence-electron chi connectivity index (χ1n) is 7.38. The molecule has 0 saturated heterocycles. The number of ether oxygens (including phenoxy) is 1. The van der Waals surface area contributed by atoms with Crippen molar-refractivity contribution in [1.82, 2.24) is 20.8 Å². The fourth-order valence-corrected chi connectivity index (χ4v) is 1.85. The second-order valence-electron chi connectivity index (χ2n) is 5.06. The lowest BCUT2D eigenvalue weighted by molar-refractivity contribution is -0.153. The normalized spacial score (nSPS) is 12.1. The molecular formula is C15H18F3N5O2. The molecule has 0 aliphatic rings. The molecule has 1 heterocycles. The Morgan fingerprint density at radius 1 is 1.20 bits per heavy atom. The minimum Gasteiger partial charge on any atom is -0.484 e. The summed E-state index contributed by atoms with van der Waals surface area (Å²) in [7, 11) is 1.61. The molecule has 0 atom stereocenters. The molecule has 1 aromatic carbocycles. The largest absolute Gasteiger partial charge is 0.484 e. The van der Waals surface area contributed by atoms with E-state index in [4.69, 9.17) is 4.52 Å². The fraction of sp³-hybridized carbons (Fsp3) is 0.400. The van der Waals surface area contributed by atoms with E-state index in [-0.39, 0.29) is 5.75 Å². The summed E-state index contributed by atoms with van der Waals surface area (Å²) in [6, 6.07) is 6.32. The number of aliphatic imine (C=N–C) groups is 1. The molecule has 25 heavy (non-hydrogen) atoms. The molecule has 1 aromatic heterocycles. The van der Waals surface area contributed by atoms with E-state index in [1.807, 2.05) is 0 Å². The van der Waals surface area contributed by atoms with Crippen LogP contribution in [0.1, 0.15) is 17.3 Å². The van der Waals surface area contributed by atoms with Crippen molar-refractivity contribution in [3.05, 3.63) is 41.5 Å². The van der Waals surface area contributed by atoms with E-state index in [1.165, 1.54) is 12.1 Å². The van der Waals surface area contributed by atoms with Gasteiger partial charge in [0.25, 0.3) is 0 Å². The van der Waals surface area contributed by atoms with Gasteiger partial charge in [0.05, 0.1) is 6.54 Å². The van der Waals surface area contributed by atoms with Crippen molar-refractivity contribution in [1.29, 1.82) is 0 Å². The van der Waals surface area contributed by atoms with Gasteiger partial charge in [-0.3, -0.25) is 4.99 Å². The van der Waals surface area contributed by atoms with E-state index in [1.54, 1.807) is 26.1 Å². The smallest absolute Gasteiger partial charge is 0.422 e. The number of guanidine groups is 1. The maximum Gasteiger partial charge on any atom is 0.422 e. The van der Waals surface area contributed by atoms with Crippen LogP contribution < -0.4 is 15.4 Å². The minimum absolute atomic E-state index is 0.162. The average molecular weight is 357 g/mol. The molecule has 7 nitrogen and oxygen atoms in total. The zero-order valence-corrected chi connectivity index (χ0v) is 13.7. The van der Waals surface area contributed by atoms with Crippen LogP contribution >= 0.6 is 0 Å². The lowest BCUT2D eigenvalue weighted by atomic mass is 10.2. The summed E-state index contributed by atoms with van der Waals surface area (Å²) in [5.41, 5.74) is 0.857. The van der Waals surface area contributed by atoms with Gasteiger partial charge in [0.15, 0.2) is 18.4 Å². The molecule has 0 fully saturated rings. The van der Waals surface area contributed by atoms with Crippen molar-refractivity contribution < 1.29 is 22.4 Å². The average Bonchev–Trinajstić information content (AvgIpc) is 2.99. The second-order valence-corrected chi connectivity index (χ2v) is 5.06. The number of nitrogens with zero attached hydrogens (tertiary/aromatic N) is 3. The van der Waals surface area contributed by atoms with Gasteiger partial charge in [-0.25, -0.2) is 0 Å². The highest BCUT2D eigenvalue weighted by Crippen LogP contribution is 2.18. The number of rotatable bonds is 6. The minimum atomic E-state index is -4.35. The van der Waals surface area contributed by atoms with Crippen LogP contribution in [0.3, 0.4) is 0 Å². The van der Waals surface area contributed by atoms with Crippen LogP contribution in [0.5, 0.6) is 5.75 Å². The number of aromatic nitrogens is 2. The number of benzene rings is 1. The van der Waals surface area contributed by atoms with Gasteiger partial charge >= 0.3 is 6.18 Å². The predicted molar refractivity (Wildman–Crippen MR) is 84.1 cm³/mol. The maximum absolute atomic E-state index is 12.1. The van der Waals surface area contributed by atoms with Crippen LogP contribution in [0.15, 0.2) is 33.8 Å². The third kappa shape index (κ3) is 6.69. The Hall–Kier alpha value is -2.78. The van der Waals surface area contributed by atoms with Crippen LogP contribution in [-0.2, 0) is 13.1 Å². The van der Waals surface area contributed by atoms with Crippen molar-refractivity contribution in [2.24, 2.45) is 4.99 Å². The molecule has 0 aliphatic heterocycles. The zero-order chi connectivity index (χ0) is 18.3. The third-order valence-electron chi connectivity index (χ3n) is 2.99. The van der Waals surface area contributed by atoms with E-state index in [9.17, 15) is 13.2 Å². The molecule has 0 saturated carbocycles. The molecule has 0 spiro atoms. The van der Waals surface area contributed by atoms with Gasteiger partial charge in [-0.15, -0.1) is 0 Å². The standard InChI is InChI=1S/C15H18F3N5O2/c1-10-22-13(25-23-10)8-21-14(19-2)20-7-11-3-5-12(6-4-11)24-9-15(16,17)18/h3-6H,7-9H2,1-2H3,(H2,19,20,21). The topological polar surface area (TPSA) is 84.6 Å². The van der Waals surface area contributed by atoms with Crippen LogP contribution in [0.4, 0.5) is 13.2 Å². The van der Waals surface area contributed by atoms with E-state index in [0.29, 0.717) is 30.8 Å². The fourth-order valence-electron chi connectivity index (χ4n) is 1.85. The van der Waals surface area contributed by atoms with E-state index < -0.39 is 12.8 Å². The van der Waals surface area contributed by atoms with Gasteiger partial charge in [-0.05, 0) is 24.6 Å². The highest BCUT2D eigenvalue weighted by molar-refractivity contribution is 5.79. The Morgan fingerprint density at radius 2 is 1.88 bits per heavy atom. The summed E-state index contributed by atoms with van der Waals surface area (Å²) in [6.45, 7) is 1.17. The van der Waals surface area contributed by atoms with Gasteiger partial charge in [0.1, 0.15) is 5.75 Å². The molecule has 0 unspecified atom stereocenters. The number of halogens is 3. The summed E-state index contributed by atoms with van der Waals surface area (Å²) in [6.07, 6.45) is -4.35. The van der Waals surface area contributed by atoms with Crippen molar-refractivity contribution in [2.45, 2.75) is 26.2 Å². The summed E-state index contributed by atoms with van der Waals surface area (Å²) < 4.78 is 45.9. The maximum atomic E-state index is 12.1. The molecular weight excluding hydrogens is 339 g/mol. The lowest BCUT2D eigenvalue weighted by Gasteiger charge is -2.12. The Labute approximate surface area is 142 Å². The lowest BCUT2D eigenvalue weighted by Crippen LogP contribution is -2.36. The number of nitrogens with one attached hydrogen (secondary N) is 2. The molecule has 2 N–H and O–H groups in total. The molecule has 0 aliphatic carbocycles. The monoisotopic (exact) mass is 357 g/mol. The first-order valence-corrected chi connectivity index (χ1v) is 7.38. The van der Waals surface area contributed by atoms with Crippen molar-refractivity contribution in [2.75, 3.05) is 13.7 Å². The Kier molecular flexibility index (Phi) is 6.20. The number of aryl methyl sites for hydroxylation is 1. The van der Waals surface area contributed by atoms with E-state index in [0.717, 1.165) is 5.56 Å². The van der Waals surface area contributed by atoms with Crippen molar-refractivity contribution >= 4 is 5.96 Å². The second kappa shape index (κ2) is 8.36. The quantitative estimate of drug-likeness (QED) is 0.609. The first kappa shape index (κ1) is 18.6. The predicted octanol–water partition coefficient (Wildman–Crippen LogP) is 2.18. The van der Waals surface area contributed by atoms with E-state index >= 15 is 0 Å². The zero-order valence-electron chi connectivity index (χ0n) is 13.7. The van der Waals surface area contributed by atoms with Crippen LogP contribution in [0.25, 0.3) is 0 Å². The summed E-state index contributed by atoms with van der Waals surface area (Å²) in [5.74, 6) is 1.67. The third-order valence-corrected chi connectivity index (χ3v) is 2.99. The molecule has 10 heteroatoms. The Balaban J connectivity index is 1.78. The number of hydrogen-bond acceptors (Lipinski definition) is 5. The molecule has 2 rings (SSSR count). The van der Waals surface area contributed by atoms with Crippen LogP contribution in [0, 0.1) is 6.92 Å². The van der Waals surface area contributed by atoms with Crippen LogP contribution in [0.2, 0.25) is 0 Å². The highest BCUT2D eigenvalue weighted by atomic mass is 19.4. The van der Waals surface area contributed by atoms with Crippen molar-refractivity contribution in [3.8, 4) is 5.75 Å². The Morgan fingerprint density at radius 3 is 2.44 bits per heavy atom. The summed E-state index contributed by atoms with van der Waals surface area (Å²) in [4.78, 5) is 8.12. The van der Waals surface area contributed by atoms with E-state index in [2.05, 4.69) is 30.5 Å². The van der Waals surface area contributed by atoms with Crippen molar-refractivity contribution in [3.63, 3.8) is 0 Å².